The summed E-state index contributed by atoms with van der Waals surface area (Å²) in [5.74, 6) is 1.82. The van der Waals surface area contributed by atoms with Gasteiger partial charge in [0.25, 0.3) is 0 Å². The summed E-state index contributed by atoms with van der Waals surface area (Å²) < 4.78 is 17.5. The Labute approximate surface area is 186 Å². The second-order valence-electron chi connectivity index (χ2n) is 7.34. The molecule has 0 atom stereocenters. The maximum atomic E-state index is 5.99. The topological polar surface area (TPSA) is 49.3 Å². The number of hydrogen-bond donors (Lipinski definition) is 0. The van der Waals surface area contributed by atoms with Crippen LogP contribution < -0.4 is 9.47 Å². The number of ether oxygens (including phenoxy) is 3. The van der Waals surface area contributed by atoms with Crippen LogP contribution in [-0.4, -0.2) is 39.8 Å². The molecule has 0 heterocycles. The van der Waals surface area contributed by atoms with Gasteiger partial charge in [-0.05, 0) is 68.0 Å². The number of rotatable bonds is 14. The molecule has 2 rings (SSSR count). The van der Waals surface area contributed by atoms with Crippen molar-refractivity contribution in [3.63, 3.8) is 0 Å². The molecule has 2 aromatic rings. The van der Waals surface area contributed by atoms with Gasteiger partial charge in [0, 0.05) is 19.6 Å². The zero-order valence-corrected chi connectivity index (χ0v) is 19.2. The Kier molecular flexibility index (Phi) is 11.3. The third-order valence-corrected chi connectivity index (χ3v) is 4.74. The fourth-order valence-corrected chi connectivity index (χ4v) is 3.16. The number of oxime groups is 1. The van der Waals surface area contributed by atoms with Crippen molar-refractivity contribution in [1.29, 1.82) is 0 Å². The maximum absolute atomic E-state index is 5.99. The first-order valence-electron chi connectivity index (χ1n) is 10.8. The van der Waals surface area contributed by atoms with Gasteiger partial charge in [0.1, 0.15) is 25.2 Å². The molecule has 0 aromatic heterocycles. The first-order chi connectivity index (χ1) is 15.1. The van der Waals surface area contributed by atoms with Crippen LogP contribution in [0.3, 0.4) is 0 Å². The van der Waals surface area contributed by atoms with Crippen LogP contribution in [0.15, 0.2) is 53.7 Å². The summed E-state index contributed by atoms with van der Waals surface area (Å²) in [5.41, 5.74) is 4.51. The molecular weight excluding hydrogens is 390 g/mol. The van der Waals surface area contributed by atoms with E-state index in [1.54, 1.807) is 13.3 Å². The largest absolute Gasteiger partial charge is 0.493 e. The summed E-state index contributed by atoms with van der Waals surface area (Å²) in [6, 6.07) is 12.4. The lowest BCUT2D eigenvalue weighted by atomic mass is 10.1. The Morgan fingerprint density at radius 1 is 0.903 bits per heavy atom. The minimum atomic E-state index is 0.585. The van der Waals surface area contributed by atoms with Crippen LogP contribution >= 0.6 is 0 Å². The van der Waals surface area contributed by atoms with Gasteiger partial charge in [0.2, 0.25) is 0 Å². The Bertz CT molecular complexity index is 805. The van der Waals surface area contributed by atoms with E-state index in [1.807, 2.05) is 43.3 Å². The quantitative estimate of drug-likeness (QED) is 0.170. The lowest BCUT2D eigenvalue weighted by Gasteiger charge is -2.14. The van der Waals surface area contributed by atoms with Crippen molar-refractivity contribution < 1.29 is 19.0 Å². The van der Waals surface area contributed by atoms with Crippen molar-refractivity contribution in [3.05, 3.63) is 70.8 Å². The molecular formula is C26H35NO4. The highest BCUT2D eigenvalue weighted by Gasteiger charge is 2.07. The molecule has 0 fully saturated rings. The Morgan fingerprint density at radius 3 is 2.29 bits per heavy atom. The predicted molar refractivity (Wildman–Crippen MR) is 127 cm³/mol. The molecule has 0 aliphatic rings. The molecule has 5 heteroatoms. The molecule has 0 amide bonds. The number of hydrogen-bond acceptors (Lipinski definition) is 5. The average molecular weight is 426 g/mol. The highest BCUT2D eigenvalue weighted by Crippen LogP contribution is 2.28. The molecule has 0 saturated heterocycles. The summed E-state index contributed by atoms with van der Waals surface area (Å²) in [5, 5.41) is 3.77. The first-order valence-corrected chi connectivity index (χ1v) is 10.8. The first kappa shape index (κ1) is 24.5. The van der Waals surface area contributed by atoms with E-state index in [4.69, 9.17) is 19.0 Å². The molecule has 2 aromatic carbocycles. The Morgan fingerprint density at radius 2 is 1.61 bits per heavy atom. The van der Waals surface area contributed by atoms with Crippen LogP contribution in [0.4, 0.5) is 0 Å². The maximum Gasteiger partial charge on any atom is 0.125 e. The number of benzene rings is 2. The van der Waals surface area contributed by atoms with Crippen LogP contribution in [0.5, 0.6) is 11.5 Å². The van der Waals surface area contributed by atoms with Gasteiger partial charge in [0.05, 0.1) is 12.8 Å². The van der Waals surface area contributed by atoms with Crippen molar-refractivity contribution in [2.45, 2.75) is 40.0 Å². The van der Waals surface area contributed by atoms with Gasteiger partial charge < -0.3 is 19.0 Å². The number of allylic oxidation sites excluding steroid dienone is 1. The highest BCUT2D eigenvalue weighted by molar-refractivity contribution is 5.79. The molecule has 168 valence electrons. The van der Waals surface area contributed by atoms with E-state index >= 15 is 0 Å². The Balaban J connectivity index is 1.60. The fraction of sp³-hybridized carbons (Fsp3) is 0.423. The summed E-state index contributed by atoms with van der Waals surface area (Å²) in [7, 11) is 1.54. The molecule has 0 spiro atoms. The molecule has 0 bridgehead atoms. The lowest BCUT2D eigenvalue weighted by molar-refractivity contribution is 0.117. The van der Waals surface area contributed by atoms with Gasteiger partial charge in [0.15, 0.2) is 0 Å². The van der Waals surface area contributed by atoms with Gasteiger partial charge >= 0.3 is 0 Å². The summed E-state index contributed by atoms with van der Waals surface area (Å²) >= 11 is 0. The number of nitrogens with zero attached hydrogens (tertiary/aromatic N) is 1. The van der Waals surface area contributed by atoms with E-state index in [-0.39, 0.29) is 0 Å². The monoisotopic (exact) mass is 425 g/mol. The van der Waals surface area contributed by atoms with Crippen LogP contribution in [0.25, 0.3) is 0 Å². The second-order valence-corrected chi connectivity index (χ2v) is 7.34. The standard InChI is InChI=1S/C26H35NO4/c1-5-6-16-30-25-18-21(2)26(22(3)19-25)31-17-8-15-29-14-7-9-23-10-12-24(13-11-23)20-27-28-4/h5-6,10-13,18-20H,7-9,14-17H2,1-4H3/b6-5+,27-20+. The van der Waals surface area contributed by atoms with Crippen molar-refractivity contribution in [1.82, 2.24) is 0 Å². The van der Waals surface area contributed by atoms with Crippen LogP contribution in [0, 0.1) is 13.8 Å². The van der Waals surface area contributed by atoms with Crippen molar-refractivity contribution in [3.8, 4) is 11.5 Å². The summed E-state index contributed by atoms with van der Waals surface area (Å²) in [6.45, 7) is 8.78. The number of aryl methyl sites for hydroxylation is 3. The molecule has 0 aliphatic heterocycles. The third kappa shape index (κ3) is 9.26. The molecule has 0 aliphatic carbocycles. The van der Waals surface area contributed by atoms with Crippen molar-refractivity contribution in [2.75, 3.05) is 33.5 Å². The summed E-state index contributed by atoms with van der Waals surface area (Å²) in [6.07, 6.45) is 8.54. The van der Waals surface area contributed by atoms with Crippen molar-refractivity contribution >= 4 is 6.21 Å². The van der Waals surface area contributed by atoms with Crippen LogP contribution in [0.1, 0.15) is 42.0 Å². The SMILES string of the molecule is C/C=C/COc1cc(C)c(OCCCOCCCc2ccc(/C=N/OC)cc2)c(C)c1. The fourth-order valence-electron chi connectivity index (χ4n) is 3.16. The highest BCUT2D eigenvalue weighted by atomic mass is 16.6. The second kappa shape index (κ2) is 14.3. The molecule has 0 unspecified atom stereocenters. The third-order valence-electron chi connectivity index (χ3n) is 4.74. The minimum absolute atomic E-state index is 0.585. The molecule has 31 heavy (non-hydrogen) atoms. The smallest absolute Gasteiger partial charge is 0.125 e. The van der Waals surface area contributed by atoms with E-state index < -0.39 is 0 Å². The normalized spacial score (nSPS) is 11.4. The zero-order chi connectivity index (χ0) is 22.3. The van der Waals surface area contributed by atoms with E-state index in [2.05, 4.69) is 31.1 Å². The van der Waals surface area contributed by atoms with E-state index in [1.165, 1.54) is 5.56 Å². The Hall–Kier alpha value is -2.79. The van der Waals surface area contributed by atoms with Gasteiger partial charge in [-0.15, -0.1) is 0 Å². The molecule has 5 nitrogen and oxygen atoms in total. The van der Waals surface area contributed by atoms with Gasteiger partial charge in [-0.3, -0.25) is 0 Å². The molecule has 0 N–H and O–H groups in total. The van der Waals surface area contributed by atoms with Gasteiger partial charge in [-0.1, -0.05) is 41.6 Å². The van der Waals surface area contributed by atoms with Crippen molar-refractivity contribution in [2.24, 2.45) is 5.16 Å². The average Bonchev–Trinajstić information content (AvgIpc) is 2.76. The van der Waals surface area contributed by atoms with E-state index in [0.717, 1.165) is 54.1 Å². The predicted octanol–water partition coefficient (Wildman–Crippen LogP) is 5.66. The minimum Gasteiger partial charge on any atom is -0.493 e. The van der Waals surface area contributed by atoms with E-state index in [0.29, 0.717) is 19.8 Å². The van der Waals surface area contributed by atoms with Crippen LogP contribution in [-0.2, 0) is 16.0 Å². The lowest BCUT2D eigenvalue weighted by Crippen LogP contribution is -2.06. The van der Waals surface area contributed by atoms with Gasteiger partial charge in [-0.25, -0.2) is 0 Å². The molecule has 0 saturated carbocycles. The summed E-state index contributed by atoms with van der Waals surface area (Å²) in [4.78, 5) is 4.69. The van der Waals surface area contributed by atoms with Gasteiger partial charge in [-0.2, -0.15) is 0 Å². The zero-order valence-electron chi connectivity index (χ0n) is 19.2. The van der Waals surface area contributed by atoms with E-state index in [9.17, 15) is 0 Å². The van der Waals surface area contributed by atoms with Crippen LogP contribution in [0.2, 0.25) is 0 Å². The molecule has 0 radical (unpaired) electrons.